The molecule has 0 aromatic rings. The van der Waals surface area contributed by atoms with Gasteiger partial charge in [-0.3, -0.25) is 4.79 Å². The van der Waals surface area contributed by atoms with Gasteiger partial charge in [-0.05, 0) is 52.6 Å². The Morgan fingerprint density at radius 2 is 0.917 bits per heavy atom. The van der Waals surface area contributed by atoms with Crippen LogP contribution in [0.1, 0.15) is 162 Å². The van der Waals surface area contributed by atoms with E-state index in [0.717, 1.165) is 32.5 Å². The zero-order valence-electron chi connectivity index (χ0n) is 25.3. The average molecular weight is 507 g/mol. The number of nitrogens with zero attached hydrogens (tertiary/aromatic N) is 2. The quantitative estimate of drug-likeness (QED) is 0.0778. The van der Waals surface area contributed by atoms with Gasteiger partial charge in [-0.25, -0.2) is 0 Å². The number of allylic oxidation sites excluding steroid dienone is 2. The number of unbranched alkanes of at least 4 members (excludes halogenated alkanes) is 19. The second-order valence-corrected chi connectivity index (χ2v) is 11.3. The van der Waals surface area contributed by atoms with Crippen molar-refractivity contribution in [2.45, 2.75) is 162 Å². The van der Waals surface area contributed by atoms with E-state index in [-0.39, 0.29) is 0 Å². The van der Waals surface area contributed by atoms with Crippen LogP contribution in [0.25, 0.3) is 0 Å². The molecule has 0 aliphatic heterocycles. The fraction of sp³-hybridized carbons (Fsp3) is 0.909. The molecule has 36 heavy (non-hydrogen) atoms. The maximum atomic E-state index is 12.8. The van der Waals surface area contributed by atoms with Gasteiger partial charge in [-0.15, -0.1) is 0 Å². The molecule has 0 bridgehead atoms. The highest BCUT2D eigenvalue weighted by molar-refractivity contribution is 5.76. The molecule has 3 nitrogen and oxygen atoms in total. The average Bonchev–Trinajstić information content (AvgIpc) is 2.86. The van der Waals surface area contributed by atoms with Crippen molar-refractivity contribution in [2.24, 2.45) is 0 Å². The highest BCUT2D eigenvalue weighted by Crippen LogP contribution is 2.13. The zero-order chi connectivity index (χ0) is 26.5. The molecule has 3 heteroatoms. The monoisotopic (exact) mass is 507 g/mol. The zero-order valence-corrected chi connectivity index (χ0v) is 25.3. The SMILES string of the molecule is CCCCCCCC/C=C\CCCCCCCCCCN(CCN(C)C)C(=O)CCCCCCCC. The van der Waals surface area contributed by atoms with E-state index in [0.29, 0.717) is 5.91 Å². The lowest BCUT2D eigenvalue weighted by molar-refractivity contribution is -0.131. The first-order valence-corrected chi connectivity index (χ1v) is 16.2. The standard InChI is InChI=1S/C33H66N2O/c1-5-7-9-11-13-14-15-16-17-18-19-20-21-22-23-24-26-28-30-35(32-31-34(3)4)33(36)29-27-25-12-10-8-6-2/h16-17H,5-15,18-32H2,1-4H3/b17-16-. The lowest BCUT2D eigenvalue weighted by atomic mass is 10.1. The molecule has 0 unspecified atom stereocenters. The number of rotatable bonds is 28. The maximum Gasteiger partial charge on any atom is 0.222 e. The predicted molar refractivity (Wildman–Crippen MR) is 162 cm³/mol. The van der Waals surface area contributed by atoms with E-state index in [1.165, 1.54) is 135 Å². The van der Waals surface area contributed by atoms with Crippen LogP contribution >= 0.6 is 0 Å². The first-order valence-electron chi connectivity index (χ1n) is 16.2. The Morgan fingerprint density at radius 1 is 0.500 bits per heavy atom. The summed E-state index contributed by atoms with van der Waals surface area (Å²) in [5.74, 6) is 0.383. The molecule has 0 atom stereocenters. The van der Waals surface area contributed by atoms with Crippen LogP contribution in [0.5, 0.6) is 0 Å². The number of hydrogen-bond acceptors (Lipinski definition) is 2. The Hall–Kier alpha value is -0.830. The van der Waals surface area contributed by atoms with E-state index in [1.807, 2.05) is 0 Å². The maximum absolute atomic E-state index is 12.8. The Kier molecular flexibility index (Phi) is 28.1. The first-order chi connectivity index (χ1) is 17.6. The molecule has 0 saturated heterocycles. The molecule has 0 rings (SSSR count). The molecule has 0 heterocycles. The second-order valence-electron chi connectivity index (χ2n) is 11.3. The van der Waals surface area contributed by atoms with Crippen molar-refractivity contribution in [1.82, 2.24) is 9.80 Å². The number of hydrogen-bond donors (Lipinski definition) is 0. The summed E-state index contributed by atoms with van der Waals surface area (Å²) in [6.07, 6.45) is 34.6. The van der Waals surface area contributed by atoms with Crippen molar-refractivity contribution in [3.8, 4) is 0 Å². The van der Waals surface area contributed by atoms with E-state index in [4.69, 9.17) is 0 Å². The topological polar surface area (TPSA) is 23.6 Å². The summed E-state index contributed by atoms with van der Waals surface area (Å²) in [6.45, 7) is 7.34. The molecule has 0 radical (unpaired) electrons. The summed E-state index contributed by atoms with van der Waals surface area (Å²) in [4.78, 5) is 17.1. The van der Waals surface area contributed by atoms with Crippen LogP contribution < -0.4 is 0 Å². The first kappa shape index (κ1) is 35.2. The van der Waals surface area contributed by atoms with Crippen LogP contribution in [0.3, 0.4) is 0 Å². The molecule has 0 saturated carbocycles. The predicted octanol–water partition coefficient (Wildman–Crippen LogP) is 9.94. The summed E-state index contributed by atoms with van der Waals surface area (Å²) in [5.41, 5.74) is 0. The molecule has 0 aliphatic carbocycles. The van der Waals surface area contributed by atoms with Crippen LogP contribution in [0.15, 0.2) is 12.2 Å². The third-order valence-corrected chi connectivity index (χ3v) is 7.35. The Balaban J connectivity index is 3.69. The summed E-state index contributed by atoms with van der Waals surface area (Å²) in [6, 6.07) is 0. The van der Waals surface area contributed by atoms with Crippen LogP contribution in [-0.4, -0.2) is 49.4 Å². The molecule has 0 N–H and O–H groups in total. The van der Waals surface area contributed by atoms with Crippen LogP contribution in [0.2, 0.25) is 0 Å². The largest absolute Gasteiger partial charge is 0.341 e. The molecular weight excluding hydrogens is 440 g/mol. The van der Waals surface area contributed by atoms with Gasteiger partial charge in [-0.2, -0.15) is 0 Å². The Morgan fingerprint density at radius 3 is 1.39 bits per heavy atom. The summed E-state index contributed by atoms with van der Waals surface area (Å²) in [5, 5.41) is 0. The smallest absolute Gasteiger partial charge is 0.222 e. The van der Waals surface area contributed by atoms with Gasteiger partial charge in [0.05, 0.1) is 0 Å². The van der Waals surface area contributed by atoms with Gasteiger partial charge >= 0.3 is 0 Å². The van der Waals surface area contributed by atoms with Gasteiger partial charge in [0.1, 0.15) is 0 Å². The van der Waals surface area contributed by atoms with Gasteiger partial charge in [-0.1, -0.05) is 129 Å². The summed E-state index contributed by atoms with van der Waals surface area (Å²) >= 11 is 0. The lowest BCUT2D eigenvalue weighted by Crippen LogP contribution is -2.37. The molecular formula is C33H66N2O. The lowest BCUT2D eigenvalue weighted by Gasteiger charge is -2.24. The van der Waals surface area contributed by atoms with E-state index in [9.17, 15) is 4.79 Å². The van der Waals surface area contributed by atoms with Crippen molar-refractivity contribution in [2.75, 3.05) is 33.7 Å². The van der Waals surface area contributed by atoms with Crippen LogP contribution in [-0.2, 0) is 4.79 Å². The Labute approximate surface area is 227 Å². The molecule has 214 valence electrons. The number of carbonyl (C=O) groups is 1. The number of amides is 1. The van der Waals surface area contributed by atoms with Crippen LogP contribution in [0, 0.1) is 0 Å². The number of carbonyl (C=O) groups excluding carboxylic acids is 1. The number of likely N-dealkylation sites (N-methyl/N-ethyl adjacent to an activating group) is 1. The molecule has 0 aliphatic rings. The molecule has 0 aromatic heterocycles. The molecule has 1 amide bonds. The second kappa shape index (κ2) is 28.7. The van der Waals surface area contributed by atoms with Crippen molar-refractivity contribution in [3.05, 3.63) is 12.2 Å². The van der Waals surface area contributed by atoms with Crippen molar-refractivity contribution >= 4 is 5.91 Å². The highest BCUT2D eigenvalue weighted by Gasteiger charge is 2.13. The fourth-order valence-corrected chi connectivity index (χ4v) is 4.80. The minimum atomic E-state index is 0.383. The van der Waals surface area contributed by atoms with E-state index in [2.05, 4.69) is 49.9 Å². The van der Waals surface area contributed by atoms with Gasteiger partial charge in [0.25, 0.3) is 0 Å². The van der Waals surface area contributed by atoms with Crippen LogP contribution in [0.4, 0.5) is 0 Å². The third kappa shape index (κ3) is 26.2. The van der Waals surface area contributed by atoms with Gasteiger partial charge < -0.3 is 9.80 Å². The normalized spacial score (nSPS) is 11.7. The molecule has 0 spiro atoms. The summed E-state index contributed by atoms with van der Waals surface area (Å²) in [7, 11) is 4.20. The van der Waals surface area contributed by atoms with Gasteiger partial charge in [0.15, 0.2) is 0 Å². The highest BCUT2D eigenvalue weighted by atomic mass is 16.2. The molecule has 0 aromatic carbocycles. The van der Waals surface area contributed by atoms with Gasteiger partial charge in [0, 0.05) is 26.1 Å². The van der Waals surface area contributed by atoms with E-state index >= 15 is 0 Å². The molecule has 0 fully saturated rings. The third-order valence-electron chi connectivity index (χ3n) is 7.35. The van der Waals surface area contributed by atoms with Crippen molar-refractivity contribution < 1.29 is 4.79 Å². The summed E-state index contributed by atoms with van der Waals surface area (Å²) < 4.78 is 0. The minimum absolute atomic E-state index is 0.383. The van der Waals surface area contributed by atoms with E-state index in [1.54, 1.807) is 0 Å². The van der Waals surface area contributed by atoms with E-state index < -0.39 is 0 Å². The van der Waals surface area contributed by atoms with Gasteiger partial charge in [0.2, 0.25) is 5.91 Å². The Bertz CT molecular complexity index is 474. The van der Waals surface area contributed by atoms with Crippen molar-refractivity contribution in [1.29, 1.82) is 0 Å². The fourth-order valence-electron chi connectivity index (χ4n) is 4.80. The van der Waals surface area contributed by atoms with Crippen molar-refractivity contribution in [3.63, 3.8) is 0 Å². The minimum Gasteiger partial charge on any atom is -0.341 e.